The molecule has 5 nitrogen and oxygen atoms in total. The predicted molar refractivity (Wildman–Crippen MR) is 100 cm³/mol. The van der Waals surface area contributed by atoms with E-state index in [1.807, 2.05) is 6.07 Å². The van der Waals surface area contributed by atoms with Gasteiger partial charge in [-0.2, -0.15) is 0 Å². The van der Waals surface area contributed by atoms with Gasteiger partial charge in [-0.05, 0) is 37.5 Å². The van der Waals surface area contributed by atoms with Crippen LogP contribution in [-0.4, -0.2) is 31.8 Å². The lowest BCUT2D eigenvalue weighted by Crippen LogP contribution is -2.39. The number of hydrogen-bond donors (Lipinski definition) is 2. The van der Waals surface area contributed by atoms with Crippen LogP contribution in [0, 0.1) is 0 Å². The number of nitrogens with two attached hydrogens (primary N) is 1. The summed E-state index contributed by atoms with van der Waals surface area (Å²) >= 11 is 6.13. The number of anilines is 1. The molecule has 0 saturated heterocycles. The van der Waals surface area contributed by atoms with Crippen LogP contribution >= 0.6 is 11.6 Å². The minimum Gasteiger partial charge on any atom is -0.495 e. The number of methoxy groups -OCH3 is 1. The van der Waals surface area contributed by atoms with E-state index in [0.717, 1.165) is 31.6 Å². The number of nitrogens with one attached hydrogen (secondary N) is 1. The molecule has 0 aliphatic heterocycles. The zero-order valence-corrected chi connectivity index (χ0v) is 15.4. The molecule has 1 aromatic rings. The van der Waals surface area contributed by atoms with Crippen molar-refractivity contribution in [1.82, 2.24) is 0 Å². The molecule has 1 aliphatic carbocycles. The third-order valence-corrected chi connectivity index (χ3v) is 4.63. The van der Waals surface area contributed by atoms with Gasteiger partial charge in [0.2, 0.25) is 0 Å². The molecule has 1 aliphatic rings. The third-order valence-electron chi connectivity index (χ3n) is 4.34. The first-order valence-corrected chi connectivity index (χ1v) is 9.01. The maximum absolute atomic E-state index is 6.14. The largest absolute Gasteiger partial charge is 0.495 e. The lowest BCUT2D eigenvalue weighted by atomic mass is 9.84. The highest BCUT2D eigenvalue weighted by Gasteiger charge is 2.32. The van der Waals surface area contributed by atoms with Crippen LogP contribution in [0.25, 0.3) is 0 Å². The fourth-order valence-electron chi connectivity index (χ4n) is 3.02. The summed E-state index contributed by atoms with van der Waals surface area (Å²) in [5, 5.41) is 3.61. The van der Waals surface area contributed by atoms with Crippen LogP contribution in [0.2, 0.25) is 5.02 Å². The molecule has 0 aromatic heterocycles. The highest BCUT2D eigenvalue weighted by Crippen LogP contribution is 2.32. The number of benzene rings is 1. The topological polar surface area (TPSA) is 68.9 Å². The molecule has 2 rings (SSSR count). The molecular formula is C18H28ClN3O2. The van der Waals surface area contributed by atoms with E-state index in [1.54, 1.807) is 19.2 Å². The normalized spacial score (nSPS) is 17.5. The van der Waals surface area contributed by atoms with Gasteiger partial charge in [0.25, 0.3) is 0 Å². The second kappa shape index (κ2) is 9.14. The standard InChI is InChI=1S/C18H28ClN3O2/c1-3-11-24-18(9-5-4-6-10-18)13-21-17(20)22-14-7-8-16(23-2)15(19)12-14/h7-8,12H,3-6,9-11,13H2,1-2H3,(H3,20,21,22). The smallest absolute Gasteiger partial charge is 0.193 e. The average Bonchev–Trinajstić information content (AvgIpc) is 2.59. The van der Waals surface area contributed by atoms with Crippen molar-refractivity contribution >= 4 is 23.2 Å². The molecule has 0 atom stereocenters. The summed E-state index contributed by atoms with van der Waals surface area (Å²) in [6, 6.07) is 5.43. The number of halogens is 1. The molecular weight excluding hydrogens is 326 g/mol. The number of nitrogens with zero attached hydrogens (tertiary/aromatic N) is 1. The summed E-state index contributed by atoms with van der Waals surface area (Å²) in [5.41, 5.74) is 6.67. The lowest BCUT2D eigenvalue weighted by molar-refractivity contribution is -0.0624. The van der Waals surface area contributed by atoms with E-state index in [9.17, 15) is 0 Å². The van der Waals surface area contributed by atoms with E-state index >= 15 is 0 Å². The van der Waals surface area contributed by atoms with Gasteiger partial charge in [0, 0.05) is 12.3 Å². The molecule has 0 bridgehead atoms. The second-order valence-corrected chi connectivity index (χ2v) is 6.68. The Morgan fingerprint density at radius 1 is 1.33 bits per heavy atom. The third kappa shape index (κ3) is 5.28. The number of hydrogen-bond acceptors (Lipinski definition) is 3. The van der Waals surface area contributed by atoms with Crippen molar-refractivity contribution in [3.05, 3.63) is 23.2 Å². The van der Waals surface area contributed by atoms with Crippen LogP contribution in [-0.2, 0) is 4.74 Å². The highest BCUT2D eigenvalue weighted by atomic mass is 35.5. The summed E-state index contributed by atoms with van der Waals surface area (Å²) in [7, 11) is 1.59. The molecule has 24 heavy (non-hydrogen) atoms. The Balaban J connectivity index is 1.99. The fourth-order valence-corrected chi connectivity index (χ4v) is 3.28. The quantitative estimate of drug-likeness (QED) is 0.569. The fraction of sp³-hybridized carbons (Fsp3) is 0.611. The van der Waals surface area contributed by atoms with Crippen molar-refractivity contribution in [2.24, 2.45) is 10.7 Å². The predicted octanol–water partition coefficient (Wildman–Crippen LogP) is 4.20. The van der Waals surface area contributed by atoms with Gasteiger partial charge in [0.1, 0.15) is 5.75 Å². The Kier molecular flexibility index (Phi) is 7.18. The summed E-state index contributed by atoms with van der Waals surface area (Å²) in [6.07, 6.45) is 6.79. The van der Waals surface area contributed by atoms with E-state index in [2.05, 4.69) is 17.2 Å². The van der Waals surface area contributed by atoms with Gasteiger partial charge < -0.3 is 20.5 Å². The molecule has 0 radical (unpaired) electrons. The molecule has 1 aromatic carbocycles. The van der Waals surface area contributed by atoms with Gasteiger partial charge in [0.05, 0.1) is 24.3 Å². The van der Waals surface area contributed by atoms with Gasteiger partial charge in [-0.25, -0.2) is 0 Å². The molecule has 0 amide bonds. The van der Waals surface area contributed by atoms with E-state index in [0.29, 0.717) is 23.3 Å². The number of guanidine groups is 1. The second-order valence-electron chi connectivity index (χ2n) is 6.27. The van der Waals surface area contributed by atoms with Crippen LogP contribution < -0.4 is 15.8 Å². The first kappa shape index (κ1) is 18.9. The minimum absolute atomic E-state index is 0.155. The molecule has 1 saturated carbocycles. The zero-order chi connectivity index (χ0) is 17.4. The van der Waals surface area contributed by atoms with Crippen molar-refractivity contribution in [2.45, 2.75) is 51.0 Å². The molecule has 3 N–H and O–H groups in total. The van der Waals surface area contributed by atoms with Gasteiger partial charge >= 0.3 is 0 Å². The van der Waals surface area contributed by atoms with Crippen LogP contribution in [0.5, 0.6) is 5.75 Å². The van der Waals surface area contributed by atoms with Gasteiger partial charge in [-0.3, -0.25) is 4.99 Å². The van der Waals surface area contributed by atoms with Crippen molar-refractivity contribution in [1.29, 1.82) is 0 Å². The number of aliphatic imine (C=N–C) groups is 1. The zero-order valence-electron chi connectivity index (χ0n) is 14.6. The Hall–Kier alpha value is -1.46. The first-order valence-electron chi connectivity index (χ1n) is 8.63. The van der Waals surface area contributed by atoms with Crippen LogP contribution in [0.4, 0.5) is 5.69 Å². The maximum Gasteiger partial charge on any atom is 0.193 e. The summed E-state index contributed by atoms with van der Waals surface area (Å²) < 4.78 is 11.3. The first-order chi connectivity index (χ1) is 11.6. The van der Waals surface area contributed by atoms with E-state index in [1.165, 1.54) is 19.3 Å². The van der Waals surface area contributed by atoms with Crippen molar-refractivity contribution in [2.75, 3.05) is 25.6 Å². The van der Waals surface area contributed by atoms with E-state index in [-0.39, 0.29) is 5.60 Å². The molecule has 0 unspecified atom stereocenters. The van der Waals surface area contributed by atoms with Crippen LogP contribution in [0.1, 0.15) is 45.4 Å². The summed E-state index contributed by atoms with van der Waals surface area (Å²) in [6.45, 7) is 3.50. The molecule has 1 fully saturated rings. The average molecular weight is 354 g/mol. The molecule has 0 heterocycles. The van der Waals surface area contributed by atoms with Gasteiger partial charge in [-0.1, -0.05) is 37.8 Å². The SMILES string of the molecule is CCCOC1(CN=C(N)Nc2ccc(OC)c(Cl)c2)CCCCC1. The lowest BCUT2D eigenvalue weighted by Gasteiger charge is -2.36. The van der Waals surface area contributed by atoms with E-state index < -0.39 is 0 Å². The summed E-state index contributed by atoms with van der Waals surface area (Å²) in [4.78, 5) is 4.52. The summed E-state index contributed by atoms with van der Waals surface area (Å²) in [5.74, 6) is 1.01. The molecule has 134 valence electrons. The Labute approximate surface area is 149 Å². The number of ether oxygens (including phenoxy) is 2. The molecule has 6 heteroatoms. The Morgan fingerprint density at radius 3 is 2.71 bits per heavy atom. The maximum atomic E-state index is 6.14. The number of rotatable bonds is 7. The monoisotopic (exact) mass is 353 g/mol. The van der Waals surface area contributed by atoms with Crippen LogP contribution in [0.15, 0.2) is 23.2 Å². The van der Waals surface area contributed by atoms with E-state index in [4.69, 9.17) is 26.8 Å². The Morgan fingerprint density at radius 2 is 2.08 bits per heavy atom. The van der Waals surface area contributed by atoms with Crippen molar-refractivity contribution < 1.29 is 9.47 Å². The minimum atomic E-state index is -0.155. The van der Waals surface area contributed by atoms with Gasteiger partial charge in [-0.15, -0.1) is 0 Å². The van der Waals surface area contributed by atoms with Crippen LogP contribution in [0.3, 0.4) is 0 Å². The molecule has 0 spiro atoms. The highest BCUT2D eigenvalue weighted by molar-refractivity contribution is 6.32. The van der Waals surface area contributed by atoms with Crippen molar-refractivity contribution in [3.8, 4) is 5.75 Å². The van der Waals surface area contributed by atoms with Crippen molar-refractivity contribution in [3.63, 3.8) is 0 Å². The Bertz CT molecular complexity index is 557. The van der Waals surface area contributed by atoms with Gasteiger partial charge in [0.15, 0.2) is 5.96 Å².